The second-order valence-electron chi connectivity index (χ2n) is 5.31. The molecule has 0 unspecified atom stereocenters. The summed E-state index contributed by atoms with van der Waals surface area (Å²) < 4.78 is 27.9. The molecule has 124 valence electrons. The van der Waals surface area contributed by atoms with Gasteiger partial charge in [-0.25, -0.2) is 13.1 Å². The first-order chi connectivity index (χ1) is 10.7. The highest BCUT2D eigenvalue weighted by Crippen LogP contribution is 2.21. The molecule has 1 amide bonds. The topological polar surface area (TPSA) is 93.1 Å². The first-order valence-electron chi connectivity index (χ1n) is 7.03. The lowest BCUT2D eigenvalue weighted by atomic mass is 10.1. The van der Waals surface area contributed by atoms with Crippen molar-refractivity contribution < 1.29 is 13.2 Å². The Morgan fingerprint density at radius 3 is 2.39 bits per heavy atom. The Labute approximate surface area is 135 Å². The lowest BCUT2D eigenvalue weighted by Gasteiger charge is -2.10. The van der Waals surface area contributed by atoms with Crippen molar-refractivity contribution in [1.82, 2.24) is 14.5 Å². The maximum Gasteiger partial charge on any atom is 0.259 e. The lowest BCUT2D eigenvalue weighted by Crippen LogP contribution is -2.20. The van der Waals surface area contributed by atoms with Gasteiger partial charge in [-0.3, -0.25) is 9.48 Å². The zero-order valence-corrected chi connectivity index (χ0v) is 14.6. The van der Waals surface area contributed by atoms with E-state index in [1.54, 1.807) is 44.6 Å². The predicted molar refractivity (Wildman–Crippen MR) is 88.1 cm³/mol. The molecule has 0 fully saturated rings. The molecule has 2 rings (SSSR count). The number of aryl methyl sites for hydroxylation is 3. The quantitative estimate of drug-likeness (QED) is 0.885. The Hall–Kier alpha value is -2.19. The molecule has 2 aromatic rings. The molecule has 1 aromatic heterocycles. The summed E-state index contributed by atoms with van der Waals surface area (Å²) in [6.07, 6.45) is 0. The van der Waals surface area contributed by atoms with Crippen molar-refractivity contribution in [2.75, 3.05) is 12.4 Å². The number of nitrogens with zero attached hydrogens (tertiary/aromatic N) is 2. The molecule has 0 atom stereocenters. The fourth-order valence-electron chi connectivity index (χ4n) is 2.37. The van der Waals surface area contributed by atoms with E-state index in [9.17, 15) is 13.2 Å². The number of sulfonamides is 1. The van der Waals surface area contributed by atoms with Crippen LogP contribution < -0.4 is 10.0 Å². The molecule has 0 aliphatic heterocycles. The van der Waals surface area contributed by atoms with Crippen molar-refractivity contribution in [3.05, 3.63) is 40.7 Å². The molecule has 1 aromatic carbocycles. The second-order valence-corrected chi connectivity index (χ2v) is 7.17. The third kappa shape index (κ3) is 3.27. The van der Waals surface area contributed by atoms with Crippen LogP contribution in [0.4, 0.5) is 5.69 Å². The summed E-state index contributed by atoms with van der Waals surface area (Å²) in [5.41, 5.74) is 2.88. The number of benzene rings is 1. The van der Waals surface area contributed by atoms with Crippen LogP contribution in [0.5, 0.6) is 0 Å². The zero-order valence-electron chi connectivity index (χ0n) is 13.8. The number of rotatable bonds is 4. The SMILES string of the molecule is CNS(=O)(=O)c1cc(NC(=O)c2c(C)nn(C)c2C)ccc1C. The summed E-state index contributed by atoms with van der Waals surface area (Å²) >= 11 is 0. The van der Waals surface area contributed by atoms with E-state index in [4.69, 9.17) is 0 Å². The van der Waals surface area contributed by atoms with Gasteiger partial charge in [-0.05, 0) is 45.5 Å². The summed E-state index contributed by atoms with van der Waals surface area (Å²) in [7, 11) is -0.466. The fourth-order valence-corrected chi connectivity index (χ4v) is 3.37. The van der Waals surface area contributed by atoms with Crippen LogP contribution in [0.1, 0.15) is 27.3 Å². The van der Waals surface area contributed by atoms with E-state index in [0.717, 1.165) is 5.69 Å². The monoisotopic (exact) mass is 336 g/mol. The van der Waals surface area contributed by atoms with Gasteiger partial charge >= 0.3 is 0 Å². The minimum absolute atomic E-state index is 0.137. The number of hydrogen-bond donors (Lipinski definition) is 2. The molecule has 0 saturated heterocycles. The average Bonchev–Trinajstić information content (AvgIpc) is 2.74. The van der Waals surface area contributed by atoms with Gasteiger partial charge in [0.2, 0.25) is 10.0 Å². The van der Waals surface area contributed by atoms with Crippen molar-refractivity contribution in [3.63, 3.8) is 0 Å². The second kappa shape index (κ2) is 6.13. The number of aromatic nitrogens is 2. The van der Waals surface area contributed by atoms with E-state index in [2.05, 4.69) is 15.1 Å². The normalized spacial score (nSPS) is 11.5. The number of carbonyl (C=O) groups is 1. The van der Waals surface area contributed by atoms with Gasteiger partial charge in [0.15, 0.2) is 0 Å². The molecule has 0 radical (unpaired) electrons. The summed E-state index contributed by atoms with van der Waals surface area (Å²) in [6.45, 7) is 5.26. The molecule has 0 aliphatic rings. The molecule has 0 aliphatic carbocycles. The van der Waals surface area contributed by atoms with Crippen molar-refractivity contribution >= 4 is 21.6 Å². The van der Waals surface area contributed by atoms with Gasteiger partial charge in [0.05, 0.1) is 16.2 Å². The number of amides is 1. The van der Waals surface area contributed by atoms with Gasteiger partial charge in [-0.15, -0.1) is 0 Å². The summed E-state index contributed by atoms with van der Waals surface area (Å²) in [6, 6.07) is 4.77. The maximum atomic E-state index is 12.5. The molecule has 0 bridgehead atoms. The first-order valence-corrected chi connectivity index (χ1v) is 8.51. The molecule has 0 saturated carbocycles. The zero-order chi connectivity index (χ0) is 17.4. The minimum atomic E-state index is -3.58. The van der Waals surface area contributed by atoms with Gasteiger partial charge in [0, 0.05) is 18.4 Å². The van der Waals surface area contributed by atoms with Crippen LogP contribution in [-0.2, 0) is 17.1 Å². The highest BCUT2D eigenvalue weighted by molar-refractivity contribution is 7.89. The van der Waals surface area contributed by atoms with Gasteiger partial charge < -0.3 is 5.32 Å². The van der Waals surface area contributed by atoms with Gasteiger partial charge in [0.1, 0.15) is 0 Å². The highest BCUT2D eigenvalue weighted by atomic mass is 32.2. The first kappa shape index (κ1) is 17.2. The Kier molecular flexibility index (Phi) is 4.58. The van der Waals surface area contributed by atoms with Crippen LogP contribution in [0.2, 0.25) is 0 Å². The van der Waals surface area contributed by atoms with Crippen LogP contribution in [0, 0.1) is 20.8 Å². The van der Waals surface area contributed by atoms with Crippen molar-refractivity contribution in [1.29, 1.82) is 0 Å². The molecule has 1 heterocycles. The Morgan fingerprint density at radius 1 is 1.22 bits per heavy atom. The smallest absolute Gasteiger partial charge is 0.259 e. The van der Waals surface area contributed by atoms with Crippen molar-refractivity contribution in [2.45, 2.75) is 25.7 Å². The van der Waals surface area contributed by atoms with E-state index >= 15 is 0 Å². The molecular weight excluding hydrogens is 316 g/mol. The van der Waals surface area contributed by atoms with Crippen LogP contribution in [0.15, 0.2) is 23.1 Å². The van der Waals surface area contributed by atoms with Crippen LogP contribution in [0.25, 0.3) is 0 Å². The third-order valence-corrected chi connectivity index (χ3v) is 5.30. The van der Waals surface area contributed by atoms with Crippen LogP contribution >= 0.6 is 0 Å². The van der Waals surface area contributed by atoms with Gasteiger partial charge in [0.25, 0.3) is 5.91 Å². The fraction of sp³-hybridized carbons (Fsp3) is 0.333. The third-order valence-electron chi connectivity index (χ3n) is 3.74. The van der Waals surface area contributed by atoms with Gasteiger partial charge in [-0.2, -0.15) is 5.10 Å². The van der Waals surface area contributed by atoms with E-state index in [1.165, 1.54) is 13.1 Å². The molecule has 0 spiro atoms. The standard InChI is InChI=1S/C15H20N4O3S/c1-9-6-7-12(8-13(9)23(21,22)16-4)17-15(20)14-10(2)18-19(5)11(14)3/h6-8,16H,1-5H3,(H,17,20). The summed E-state index contributed by atoms with van der Waals surface area (Å²) in [4.78, 5) is 12.6. The summed E-state index contributed by atoms with van der Waals surface area (Å²) in [5.74, 6) is -0.315. The largest absolute Gasteiger partial charge is 0.322 e. The average molecular weight is 336 g/mol. The minimum Gasteiger partial charge on any atom is -0.322 e. The summed E-state index contributed by atoms with van der Waals surface area (Å²) in [5, 5.41) is 6.94. The maximum absolute atomic E-state index is 12.5. The number of nitrogens with one attached hydrogen (secondary N) is 2. The van der Waals surface area contributed by atoms with Crippen LogP contribution in [0.3, 0.4) is 0 Å². The lowest BCUT2D eigenvalue weighted by molar-refractivity contribution is 0.102. The van der Waals surface area contributed by atoms with Crippen LogP contribution in [-0.4, -0.2) is 31.2 Å². The molecule has 23 heavy (non-hydrogen) atoms. The Bertz CT molecular complexity index is 869. The Balaban J connectivity index is 2.38. The van der Waals surface area contributed by atoms with E-state index < -0.39 is 10.0 Å². The molecule has 8 heteroatoms. The Morgan fingerprint density at radius 2 is 1.87 bits per heavy atom. The van der Waals surface area contributed by atoms with E-state index in [-0.39, 0.29) is 10.8 Å². The molecule has 2 N–H and O–H groups in total. The van der Waals surface area contributed by atoms with E-state index in [1.807, 2.05) is 0 Å². The number of carbonyl (C=O) groups excluding carboxylic acids is 1. The highest BCUT2D eigenvalue weighted by Gasteiger charge is 2.19. The number of anilines is 1. The van der Waals surface area contributed by atoms with Crippen molar-refractivity contribution in [3.8, 4) is 0 Å². The molecular formula is C15H20N4O3S. The molecule has 7 nitrogen and oxygen atoms in total. The number of hydrogen-bond acceptors (Lipinski definition) is 4. The van der Waals surface area contributed by atoms with E-state index in [0.29, 0.717) is 22.5 Å². The van der Waals surface area contributed by atoms with Gasteiger partial charge in [-0.1, -0.05) is 6.07 Å². The van der Waals surface area contributed by atoms with Crippen molar-refractivity contribution in [2.24, 2.45) is 7.05 Å². The predicted octanol–water partition coefficient (Wildman–Crippen LogP) is 1.51.